The zero-order valence-electron chi connectivity index (χ0n) is 7.05. The van der Waals surface area contributed by atoms with Crippen molar-refractivity contribution in [1.29, 1.82) is 0 Å². The second-order valence-electron chi connectivity index (χ2n) is 2.71. The van der Waals surface area contributed by atoms with E-state index < -0.39 is 0 Å². The van der Waals surface area contributed by atoms with Gasteiger partial charge in [0.2, 0.25) is 0 Å². The van der Waals surface area contributed by atoms with E-state index in [1.807, 2.05) is 28.7 Å². The van der Waals surface area contributed by atoms with Crippen molar-refractivity contribution in [3.8, 4) is 0 Å². The van der Waals surface area contributed by atoms with E-state index in [9.17, 15) is 0 Å². The van der Waals surface area contributed by atoms with Gasteiger partial charge in [0.15, 0.2) is 5.82 Å². The second kappa shape index (κ2) is 3.44. The molecule has 0 aliphatic rings. The van der Waals surface area contributed by atoms with Crippen LogP contribution in [0.15, 0.2) is 18.7 Å². The maximum atomic E-state index is 4.16. The van der Waals surface area contributed by atoms with Crippen molar-refractivity contribution < 1.29 is 0 Å². The van der Waals surface area contributed by atoms with Gasteiger partial charge < -0.3 is 4.57 Å². The lowest BCUT2D eigenvalue weighted by atomic mass is 10.6. The molecule has 68 valence electrons. The summed E-state index contributed by atoms with van der Waals surface area (Å²) in [7, 11) is 1.92. The first-order chi connectivity index (χ1) is 6.25. The summed E-state index contributed by atoms with van der Waals surface area (Å²) in [5, 5.41) is 11.9. The molecule has 0 bridgehead atoms. The van der Waals surface area contributed by atoms with Crippen molar-refractivity contribution in [1.82, 2.24) is 24.5 Å². The summed E-state index contributed by atoms with van der Waals surface area (Å²) >= 11 is 2.22. The minimum Gasteiger partial charge on any atom is -0.319 e. The van der Waals surface area contributed by atoms with Gasteiger partial charge in [0.1, 0.15) is 12.9 Å². The summed E-state index contributed by atoms with van der Waals surface area (Å²) in [6.07, 6.45) is 5.47. The number of aromatic nitrogens is 5. The summed E-state index contributed by atoms with van der Waals surface area (Å²) in [6, 6.07) is 0. The van der Waals surface area contributed by atoms with Gasteiger partial charge in [-0.2, -0.15) is 5.10 Å². The van der Waals surface area contributed by atoms with E-state index in [0.717, 1.165) is 9.39 Å². The molecule has 2 rings (SSSR count). The van der Waals surface area contributed by atoms with E-state index in [0.29, 0.717) is 6.54 Å². The van der Waals surface area contributed by atoms with Crippen LogP contribution >= 0.6 is 22.6 Å². The molecule has 0 atom stereocenters. The highest BCUT2D eigenvalue weighted by molar-refractivity contribution is 14.1. The van der Waals surface area contributed by atoms with E-state index >= 15 is 0 Å². The van der Waals surface area contributed by atoms with Crippen LogP contribution in [0.25, 0.3) is 0 Å². The third-order valence-corrected chi connectivity index (χ3v) is 2.27. The predicted molar refractivity (Wildman–Crippen MR) is 55.0 cm³/mol. The Hall–Kier alpha value is -0.920. The summed E-state index contributed by atoms with van der Waals surface area (Å²) in [6.45, 7) is 0.666. The maximum absolute atomic E-state index is 4.16. The van der Waals surface area contributed by atoms with Crippen LogP contribution in [0.3, 0.4) is 0 Å². The zero-order chi connectivity index (χ0) is 9.26. The van der Waals surface area contributed by atoms with Crippen LogP contribution < -0.4 is 0 Å². The van der Waals surface area contributed by atoms with Crippen LogP contribution in [0.2, 0.25) is 0 Å². The van der Waals surface area contributed by atoms with Crippen LogP contribution in [0.4, 0.5) is 0 Å². The molecular formula is C7H8IN5. The quantitative estimate of drug-likeness (QED) is 0.763. The van der Waals surface area contributed by atoms with Gasteiger partial charge in [-0.3, -0.25) is 4.68 Å². The van der Waals surface area contributed by atoms with Crippen LogP contribution in [0.5, 0.6) is 0 Å². The molecule has 0 aliphatic carbocycles. The largest absolute Gasteiger partial charge is 0.319 e. The van der Waals surface area contributed by atoms with Crippen LogP contribution in [0.1, 0.15) is 5.82 Å². The molecule has 0 saturated heterocycles. The first-order valence-corrected chi connectivity index (χ1v) is 4.84. The fourth-order valence-corrected chi connectivity index (χ4v) is 1.47. The molecular weight excluding hydrogens is 281 g/mol. The standard InChI is InChI=1S/C7H8IN5/c1-12-5-9-11-7(12)4-13-3-6(8)2-10-13/h2-3,5H,4H2,1H3. The molecule has 0 N–H and O–H groups in total. The summed E-state index contributed by atoms with van der Waals surface area (Å²) in [4.78, 5) is 0. The monoisotopic (exact) mass is 289 g/mol. The lowest BCUT2D eigenvalue weighted by Gasteiger charge is -1.99. The van der Waals surface area contributed by atoms with Gasteiger partial charge in [-0.05, 0) is 22.6 Å². The lowest BCUT2D eigenvalue weighted by Crippen LogP contribution is -2.05. The highest BCUT2D eigenvalue weighted by atomic mass is 127. The van der Waals surface area contributed by atoms with Gasteiger partial charge in [0.05, 0.1) is 9.77 Å². The van der Waals surface area contributed by atoms with E-state index in [1.54, 1.807) is 6.33 Å². The van der Waals surface area contributed by atoms with Crippen molar-refractivity contribution in [2.45, 2.75) is 6.54 Å². The molecule has 0 saturated carbocycles. The normalized spacial score (nSPS) is 10.6. The molecule has 0 fully saturated rings. The summed E-state index contributed by atoms with van der Waals surface area (Å²) in [5.41, 5.74) is 0. The third-order valence-electron chi connectivity index (χ3n) is 1.71. The molecule has 0 unspecified atom stereocenters. The molecule has 0 amide bonds. The molecule has 0 spiro atoms. The van der Waals surface area contributed by atoms with Crippen LogP contribution in [-0.2, 0) is 13.6 Å². The first kappa shape index (κ1) is 8.67. The Morgan fingerprint density at radius 2 is 2.38 bits per heavy atom. The van der Waals surface area contributed by atoms with E-state index in [-0.39, 0.29) is 0 Å². The second-order valence-corrected chi connectivity index (χ2v) is 3.96. The fourth-order valence-electron chi connectivity index (χ4n) is 1.02. The summed E-state index contributed by atoms with van der Waals surface area (Å²) < 4.78 is 4.85. The molecule has 0 aromatic carbocycles. The number of nitrogens with zero attached hydrogens (tertiary/aromatic N) is 5. The highest BCUT2D eigenvalue weighted by Gasteiger charge is 2.02. The minimum absolute atomic E-state index is 0.666. The number of rotatable bonds is 2. The molecule has 2 aromatic heterocycles. The van der Waals surface area contributed by atoms with E-state index in [2.05, 4.69) is 37.9 Å². The van der Waals surface area contributed by atoms with Crippen molar-refractivity contribution >= 4 is 22.6 Å². The Kier molecular flexibility index (Phi) is 2.30. The Balaban J connectivity index is 2.19. The van der Waals surface area contributed by atoms with Crippen LogP contribution in [0, 0.1) is 3.57 Å². The van der Waals surface area contributed by atoms with Gasteiger partial charge in [0.25, 0.3) is 0 Å². The molecule has 13 heavy (non-hydrogen) atoms. The van der Waals surface area contributed by atoms with Crippen molar-refractivity contribution in [2.75, 3.05) is 0 Å². The molecule has 2 aromatic rings. The molecule has 6 heteroatoms. The van der Waals surface area contributed by atoms with Crippen molar-refractivity contribution in [3.63, 3.8) is 0 Å². The fraction of sp³-hybridized carbons (Fsp3) is 0.286. The van der Waals surface area contributed by atoms with Crippen LogP contribution in [-0.4, -0.2) is 24.5 Å². The number of hydrogen-bond donors (Lipinski definition) is 0. The Bertz CT molecular complexity index is 404. The topological polar surface area (TPSA) is 48.5 Å². The molecule has 5 nitrogen and oxygen atoms in total. The Labute approximate surface area is 88.9 Å². The maximum Gasteiger partial charge on any atom is 0.154 e. The van der Waals surface area contributed by atoms with Crippen molar-refractivity contribution in [3.05, 3.63) is 28.1 Å². The Morgan fingerprint density at radius 1 is 1.54 bits per heavy atom. The Morgan fingerprint density at radius 3 is 2.92 bits per heavy atom. The summed E-state index contributed by atoms with van der Waals surface area (Å²) in [5.74, 6) is 0.902. The third kappa shape index (κ3) is 1.87. The van der Waals surface area contributed by atoms with Gasteiger partial charge in [-0.1, -0.05) is 0 Å². The molecule has 0 aliphatic heterocycles. The smallest absolute Gasteiger partial charge is 0.154 e. The van der Waals surface area contributed by atoms with E-state index in [1.165, 1.54) is 0 Å². The first-order valence-electron chi connectivity index (χ1n) is 3.76. The van der Waals surface area contributed by atoms with Gasteiger partial charge >= 0.3 is 0 Å². The zero-order valence-corrected chi connectivity index (χ0v) is 9.21. The van der Waals surface area contributed by atoms with Gasteiger partial charge in [-0.25, -0.2) is 0 Å². The lowest BCUT2D eigenvalue weighted by molar-refractivity contribution is 0.630. The van der Waals surface area contributed by atoms with Gasteiger partial charge in [-0.15, -0.1) is 10.2 Å². The predicted octanol–water partition coefficient (Wildman–Crippen LogP) is 0.664. The minimum atomic E-state index is 0.666. The SMILES string of the molecule is Cn1cnnc1Cn1cc(I)cn1. The van der Waals surface area contributed by atoms with Gasteiger partial charge in [0, 0.05) is 13.2 Å². The molecule has 2 heterocycles. The molecule has 0 radical (unpaired) electrons. The number of aryl methyl sites for hydroxylation is 1. The number of hydrogen-bond acceptors (Lipinski definition) is 3. The number of halogens is 1. The van der Waals surface area contributed by atoms with E-state index in [4.69, 9.17) is 0 Å². The van der Waals surface area contributed by atoms with Crippen molar-refractivity contribution in [2.24, 2.45) is 7.05 Å². The average molecular weight is 289 g/mol. The highest BCUT2D eigenvalue weighted by Crippen LogP contribution is 2.03. The average Bonchev–Trinajstić information content (AvgIpc) is 2.64.